The molecule has 5 nitrogen and oxygen atoms in total. The Kier molecular flexibility index (Phi) is 5.34. The topological polar surface area (TPSA) is 65.4 Å². The molecule has 1 aromatic rings. The molecular formula is C15H19N3O2S. The van der Waals surface area contributed by atoms with Crippen molar-refractivity contribution < 1.29 is 9.53 Å². The van der Waals surface area contributed by atoms with Gasteiger partial charge in [-0.1, -0.05) is 13.0 Å². The molecule has 1 saturated heterocycles. The van der Waals surface area contributed by atoms with Crippen molar-refractivity contribution in [2.75, 3.05) is 30.9 Å². The Morgan fingerprint density at radius 2 is 2.43 bits per heavy atom. The highest BCUT2D eigenvalue weighted by Gasteiger charge is 2.26. The molecule has 1 atom stereocenters. The zero-order chi connectivity index (χ0) is 15.2. The van der Waals surface area contributed by atoms with E-state index in [1.54, 1.807) is 11.8 Å². The number of nitrogens with one attached hydrogen (secondary N) is 1. The van der Waals surface area contributed by atoms with Gasteiger partial charge >= 0.3 is 6.09 Å². The summed E-state index contributed by atoms with van der Waals surface area (Å²) < 4.78 is 4.62. The Morgan fingerprint density at radius 3 is 3.10 bits per heavy atom. The Hall–Kier alpha value is -1.87. The molecule has 1 aromatic carbocycles. The lowest BCUT2D eigenvalue weighted by Gasteiger charge is -2.21. The molecule has 2 rings (SSSR count). The first-order valence-electron chi connectivity index (χ1n) is 6.95. The Balaban J connectivity index is 2.14. The van der Waals surface area contributed by atoms with Gasteiger partial charge in [-0.05, 0) is 24.3 Å². The average molecular weight is 305 g/mol. The Labute approximate surface area is 129 Å². The summed E-state index contributed by atoms with van der Waals surface area (Å²) in [6.07, 6.45) is 0.447. The van der Waals surface area contributed by atoms with Gasteiger partial charge in [0.2, 0.25) is 0 Å². The molecule has 0 aliphatic carbocycles. The summed E-state index contributed by atoms with van der Waals surface area (Å²) in [4.78, 5) is 14.4. The van der Waals surface area contributed by atoms with Crippen LogP contribution in [-0.4, -0.2) is 38.1 Å². The minimum Gasteiger partial charge on any atom is -0.453 e. The van der Waals surface area contributed by atoms with Gasteiger partial charge in [0.1, 0.15) is 6.07 Å². The summed E-state index contributed by atoms with van der Waals surface area (Å²) in [6.45, 7) is 3.60. The maximum Gasteiger partial charge on any atom is 0.407 e. The average Bonchev–Trinajstić information content (AvgIpc) is 2.95. The van der Waals surface area contributed by atoms with Crippen LogP contribution in [0.2, 0.25) is 0 Å². The van der Waals surface area contributed by atoms with Crippen molar-refractivity contribution in [3.8, 4) is 6.07 Å². The van der Waals surface area contributed by atoms with Crippen molar-refractivity contribution in [3.63, 3.8) is 0 Å². The molecule has 1 N–H and O–H groups in total. The van der Waals surface area contributed by atoms with Crippen LogP contribution in [0, 0.1) is 11.3 Å². The number of alkyl carbamates (subject to hydrolysis) is 1. The molecular weight excluding hydrogens is 286 g/mol. The molecule has 0 saturated carbocycles. The number of rotatable bonds is 4. The summed E-state index contributed by atoms with van der Waals surface area (Å²) in [5.41, 5.74) is 1.67. The van der Waals surface area contributed by atoms with Gasteiger partial charge in [0.15, 0.2) is 0 Å². The van der Waals surface area contributed by atoms with E-state index in [4.69, 9.17) is 0 Å². The molecule has 6 heteroatoms. The van der Waals surface area contributed by atoms with Gasteiger partial charge in [0.25, 0.3) is 0 Å². The van der Waals surface area contributed by atoms with Gasteiger partial charge in [0.05, 0.1) is 24.4 Å². The van der Waals surface area contributed by atoms with E-state index < -0.39 is 6.09 Å². The second kappa shape index (κ2) is 7.23. The number of nitriles is 1. The molecule has 0 radical (unpaired) electrons. The summed E-state index contributed by atoms with van der Waals surface area (Å²) in [7, 11) is 1.36. The van der Waals surface area contributed by atoms with Crippen LogP contribution in [0.1, 0.15) is 18.9 Å². The highest BCUT2D eigenvalue weighted by molar-refractivity contribution is 7.99. The van der Waals surface area contributed by atoms with Crippen LogP contribution in [0.25, 0.3) is 0 Å². The molecule has 1 unspecified atom stereocenters. The number of thioether (sulfide) groups is 1. The maximum atomic E-state index is 11.3. The smallest absolute Gasteiger partial charge is 0.407 e. The number of ether oxygens (including phenoxy) is 1. The predicted octanol–water partition coefficient (Wildman–Crippen LogP) is 2.60. The minimum absolute atomic E-state index is 0.0616. The van der Waals surface area contributed by atoms with Crippen molar-refractivity contribution in [3.05, 3.63) is 23.8 Å². The lowest BCUT2D eigenvalue weighted by atomic mass is 10.2. The number of nitrogens with zero attached hydrogens (tertiary/aromatic N) is 2. The molecule has 1 fully saturated rings. The van der Waals surface area contributed by atoms with Crippen molar-refractivity contribution in [2.24, 2.45) is 0 Å². The molecule has 112 valence electrons. The van der Waals surface area contributed by atoms with Gasteiger partial charge in [0, 0.05) is 18.0 Å². The first-order valence-corrected chi connectivity index (χ1v) is 7.93. The normalized spacial score (nSPS) is 17.4. The first-order chi connectivity index (χ1) is 10.2. The van der Waals surface area contributed by atoms with Crippen LogP contribution in [-0.2, 0) is 4.74 Å². The third kappa shape index (κ3) is 3.61. The third-order valence-corrected chi connectivity index (χ3v) is 4.39. The van der Waals surface area contributed by atoms with Gasteiger partial charge in [-0.25, -0.2) is 4.79 Å². The fraction of sp³-hybridized carbons (Fsp3) is 0.467. The fourth-order valence-electron chi connectivity index (χ4n) is 2.49. The molecule has 0 aromatic heterocycles. The van der Waals surface area contributed by atoms with Crippen LogP contribution in [0.3, 0.4) is 0 Å². The standard InChI is InChI=1S/C15H19N3O2S/c1-3-21-14-6-4-5-13(12(14)9-16)18-8-7-11(10-18)17-15(19)20-2/h4-6,11H,3,7-8,10H2,1-2H3,(H,17,19). The van der Waals surface area contributed by atoms with E-state index in [1.165, 1.54) is 7.11 Å². The zero-order valence-corrected chi connectivity index (χ0v) is 13.1. The van der Waals surface area contributed by atoms with E-state index in [9.17, 15) is 10.1 Å². The third-order valence-electron chi connectivity index (χ3n) is 3.45. The maximum absolute atomic E-state index is 11.3. The van der Waals surface area contributed by atoms with E-state index in [0.29, 0.717) is 6.54 Å². The highest BCUT2D eigenvalue weighted by atomic mass is 32.2. The molecule has 1 heterocycles. The second-order valence-electron chi connectivity index (χ2n) is 4.76. The van der Waals surface area contributed by atoms with Gasteiger partial charge in [-0.15, -0.1) is 11.8 Å². The number of amides is 1. The zero-order valence-electron chi connectivity index (χ0n) is 12.3. The lowest BCUT2D eigenvalue weighted by molar-refractivity contribution is 0.167. The van der Waals surface area contributed by atoms with Crippen LogP contribution in [0.4, 0.5) is 10.5 Å². The number of hydrogen-bond donors (Lipinski definition) is 1. The Bertz CT molecular complexity index is 556. The molecule has 21 heavy (non-hydrogen) atoms. The summed E-state index contributed by atoms with van der Waals surface area (Å²) in [6, 6.07) is 8.31. The number of carbonyl (C=O) groups excluding carboxylic acids is 1. The molecule has 0 bridgehead atoms. The molecule has 1 aliphatic heterocycles. The van der Waals surface area contributed by atoms with E-state index in [2.05, 4.69) is 27.9 Å². The molecule has 0 spiro atoms. The lowest BCUT2D eigenvalue weighted by Crippen LogP contribution is -2.37. The number of benzene rings is 1. The van der Waals surface area contributed by atoms with Crippen molar-refractivity contribution in [1.82, 2.24) is 5.32 Å². The van der Waals surface area contributed by atoms with E-state index in [0.717, 1.165) is 34.9 Å². The SMILES string of the molecule is CCSc1cccc(N2CCC(NC(=O)OC)C2)c1C#N. The van der Waals surface area contributed by atoms with E-state index in [1.807, 2.05) is 18.2 Å². The van der Waals surface area contributed by atoms with E-state index >= 15 is 0 Å². The number of hydrogen-bond acceptors (Lipinski definition) is 5. The number of carbonyl (C=O) groups is 1. The summed E-state index contributed by atoms with van der Waals surface area (Å²) in [5, 5.41) is 12.3. The Morgan fingerprint density at radius 1 is 1.62 bits per heavy atom. The minimum atomic E-state index is -0.405. The van der Waals surface area contributed by atoms with Crippen LogP contribution >= 0.6 is 11.8 Å². The van der Waals surface area contributed by atoms with Gasteiger partial charge in [-0.2, -0.15) is 5.26 Å². The first kappa shape index (κ1) is 15.5. The van der Waals surface area contributed by atoms with Crippen LogP contribution < -0.4 is 10.2 Å². The summed E-state index contributed by atoms with van der Waals surface area (Å²) in [5.74, 6) is 0.935. The fourth-order valence-corrected chi connectivity index (χ4v) is 3.27. The quantitative estimate of drug-likeness (QED) is 0.866. The van der Waals surface area contributed by atoms with Gasteiger partial charge < -0.3 is 15.0 Å². The van der Waals surface area contributed by atoms with Crippen molar-refractivity contribution >= 4 is 23.5 Å². The van der Waals surface area contributed by atoms with Gasteiger partial charge in [-0.3, -0.25) is 0 Å². The molecule has 1 amide bonds. The number of methoxy groups -OCH3 is 1. The predicted molar refractivity (Wildman–Crippen MR) is 83.7 cm³/mol. The van der Waals surface area contributed by atoms with Crippen LogP contribution in [0.15, 0.2) is 23.1 Å². The largest absolute Gasteiger partial charge is 0.453 e. The van der Waals surface area contributed by atoms with Crippen LogP contribution in [0.5, 0.6) is 0 Å². The van der Waals surface area contributed by atoms with Crippen molar-refractivity contribution in [2.45, 2.75) is 24.3 Å². The molecule has 1 aliphatic rings. The summed E-state index contributed by atoms with van der Waals surface area (Å²) >= 11 is 1.68. The van der Waals surface area contributed by atoms with E-state index in [-0.39, 0.29) is 6.04 Å². The number of anilines is 1. The second-order valence-corrected chi connectivity index (χ2v) is 6.07. The van der Waals surface area contributed by atoms with Crippen molar-refractivity contribution in [1.29, 1.82) is 5.26 Å². The highest BCUT2D eigenvalue weighted by Crippen LogP contribution is 2.31. The monoisotopic (exact) mass is 305 g/mol.